The Morgan fingerprint density at radius 1 is 0.812 bits per heavy atom. The first-order valence-corrected chi connectivity index (χ1v) is 10.4. The molecule has 1 heterocycles. The molecule has 0 aliphatic carbocycles. The van der Waals surface area contributed by atoms with Crippen molar-refractivity contribution in [2.24, 2.45) is 0 Å². The number of carbonyl (C=O) groups is 3. The fourth-order valence-corrected chi connectivity index (χ4v) is 3.69. The highest BCUT2D eigenvalue weighted by atomic mass is 19.1. The van der Waals surface area contributed by atoms with Crippen molar-refractivity contribution in [3.63, 3.8) is 0 Å². The molecule has 0 atom stereocenters. The molecule has 1 saturated heterocycles. The van der Waals surface area contributed by atoms with Crippen LogP contribution >= 0.6 is 0 Å². The zero-order chi connectivity index (χ0) is 23.1. The standard InChI is InChI=1S/C23H26F2N4O3/c1-16(30)26-14-21(31)27-15-22(32)28-10-12-29(13-11-28)23(17-2-6-19(24)7-3-17)18-4-8-20(25)9-5-18/h2-9,23H,10-15H2,1H3,(H,26,30)(H,27,31). The van der Waals surface area contributed by atoms with Gasteiger partial charge in [0.05, 0.1) is 19.1 Å². The molecule has 2 aromatic rings. The Labute approximate surface area is 185 Å². The number of nitrogens with zero attached hydrogens (tertiary/aromatic N) is 2. The Morgan fingerprint density at radius 3 is 1.78 bits per heavy atom. The number of hydrogen-bond acceptors (Lipinski definition) is 4. The van der Waals surface area contributed by atoms with Crippen molar-refractivity contribution in [1.82, 2.24) is 20.4 Å². The van der Waals surface area contributed by atoms with Gasteiger partial charge >= 0.3 is 0 Å². The summed E-state index contributed by atoms with van der Waals surface area (Å²) in [4.78, 5) is 38.8. The maximum Gasteiger partial charge on any atom is 0.242 e. The third-order valence-electron chi connectivity index (χ3n) is 5.34. The van der Waals surface area contributed by atoms with E-state index in [9.17, 15) is 23.2 Å². The van der Waals surface area contributed by atoms with E-state index >= 15 is 0 Å². The first kappa shape index (κ1) is 23.3. The molecule has 1 aliphatic rings. The molecule has 1 fully saturated rings. The number of carbonyl (C=O) groups excluding carboxylic acids is 3. The topological polar surface area (TPSA) is 81.8 Å². The van der Waals surface area contributed by atoms with Crippen LogP contribution in [0.5, 0.6) is 0 Å². The van der Waals surface area contributed by atoms with Gasteiger partial charge in [0.15, 0.2) is 0 Å². The summed E-state index contributed by atoms with van der Waals surface area (Å²) in [5.41, 5.74) is 1.76. The molecule has 32 heavy (non-hydrogen) atoms. The molecule has 2 N–H and O–H groups in total. The van der Waals surface area contributed by atoms with Gasteiger partial charge in [-0.3, -0.25) is 19.3 Å². The molecule has 0 radical (unpaired) electrons. The average Bonchev–Trinajstić information content (AvgIpc) is 2.79. The lowest BCUT2D eigenvalue weighted by Crippen LogP contribution is -2.52. The zero-order valence-electron chi connectivity index (χ0n) is 17.8. The number of halogens is 2. The molecule has 9 heteroatoms. The first-order chi connectivity index (χ1) is 15.3. The van der Waals surface area contributed by atoms with E-state index in [4.69, 9.17) is 0 Å². The van der Waals surface area contributed by atoms with Crippen molar-refractivity contribution in [3.05, 3.63) is 71.3 Å². The van der Waals surface area contributed by atoms with Gasteiger partial charge < -0.3 is 15.5 Å². The van der Waals surface area contributed by atoms with Crippen LogP contribution in [0, 0.1) is 11.6 Å². The van der Waals surface area contributed by atoms with Gasteiger partial charge in [-0.25, -0.2) is 8.78 Å². The van der Waals surface area contributed by atoms with Crippen LogP contribution in [0.2, 0.25) is 0 Å². The summed E-state index contributed by atoms with van der Waals surface area (Å²) >= 11 is 0. The van der Waals surface area contributed by atoms with Crippen molar-refractivity contribution in [2.45, 2.75) is 13.0 Å². The van der Waals surface area contributed by atoms with E-state index in [1.807, 2.05) is 0 Å². The van der Waals surface area contributed by atoms with Gasteiger partial charge in [0, 0.05) is 33.1 Å². The third kappa shape index (κ3) is 6.34. The molecule has 7 nitrogen and oxygen atoms in total. The number of benzene rings is 2. The molecule has 3 amide bonds. The maximum absolute atomic E-state index is 13.4. The van der Waals surface area contributed by atoms with Crippen LogP contribution in [-0.2, 0) is 14.4 Å². The minimum atomic E-state index is -0.431. The molecule has 0 bridgehead atoms. The Kier molecular flexibility index (Phi) is 7.88. The number of piperazine rings is 1. The summed E-state index contributed by atoms with van der Waals surface area (Å²) in [6, 6.07) is 12.2. The predicted octanol–water partition coefficient (Wildman–Crippen LogP) is 1.45. The van der Waals surface area contributed by atoms with Crippen molar-refractivity contribution in [1.29, 1.82) is 0 Å². The highest BCUT2D eigenvalue weighted by molar-refractivity contribution is 5.87. The Balaban J connectivity index is 1.62. The normalized spacial score (nSPS) is 14.3. The minimum absolute atomic E-state index is 0.141. The first-order valence-electron chi connectivity index (χ1n) is 10.4. The van der Waals surface area contributed by atoms with E-state index in [0.29, 0.717) is 26.2 Å². The van der Waals surface area contributed by atoms with Crippen molar-refractivity contribution < 1.29 is 23.2 Å². The zero-order valence-corrected chi connectivity index (χ0v) is 17.8. The summed E-state index contributed by atoms with van der Waals surface area (Å²) in [5, 5.41) is 4.88. The van der Waals surface area contributed by atoms with Gasteiger partial charge in [-0.2, -0.15) is 0 Å². The molecule has 0 unspecified atom stereocenters. The SMILES string of the molecule is CC(=O)NCC(=O)NCC(=O)N1CCN(C(c2ccc(F)cc2)c2ccc(F)cc2)CC1. The van der Waals surface area contributed by atoms with E-state index in [2.05, 4.69) is 15.5 Å². The van der Waals surface area contributed by atoms with Crippen LogP contribution < -0.4 is 10.6 Å². The van der Waals surface area contributed by atoms with Crippen LogP contribution in [0.4, 0.5) is 8.78 Å². The molecule has 0 aromatic heterocycles. The second-order valence-electron chi connectivity index (χ2n) is 7.61. The largest absolute Gasteiger partial charge is 0.347 e. The van der Waals surface area contributed by atoms with Gasteiger partial charge in [-0.1, -0.05) is 24.3 Å². The fourth-order valence-electron chi connectivity index (χ4n) is 3.69. The van der Waals surface area contributed by atoms with E-state index in [0.717, 1.165) is 11.1 Å². The molecule has 3 rings (SSSR count). The number of amides is 3. The molecule has 2 aromatic carbocycles. The van der Waals surface area contributed by atoms with Crippen molar-refractivity contribution in [3.8, 4) is 0 Å². The molecule has 170 valence electrons. The summed E-state index contributed by atoms with van der Waals surface area (Å²) in [6.45, 7) is 3.03. The van der Waals surface area contributed by atoms with Crippen LogP contribution in [0.1, 0.15) is 24.1 Å². The molecule has 0 spiro atoms. The predicted molar refractivity (Wildman–Crippen MR) is 114 cm³/mol. The highest BCUT2D eigenvalue weighted by Crippen LogP contribution is 2.30. The number of hydrogen-bond donors (Lipinski definition) is 2. The Morgan fingerprint density at radius 2 is 1.31 bits per heavy atom. The summed E-state index contributed by atoms with van der Waals surface area (Å²) in [7, 11) is 0. The average molecular weight is 444 g/mol. The van der Waals surface area contributed by atoms with Crippen LogP contribution in [0.15, 0.2) is 48.5 Å². The summed E-state index contributed by atoms with van der Waals surface area (Å²) in [5.74, 6) is -1.62. The fraction of sp³-hybridized carbons (Fsp3) is 0.348. The lowest BCUT2D eigenvalue weighted by atomic mass is 9.96. The summed E-state index contributed by atoms with van der Waals surface area (Å²) in [6.07, 6.45) is 0. The van der Waals surface area contributed by atoms with E-state index in [1.54, 1.807) is 29.2 Å². The second-order valence-corrected chi connectivity index (χ2v) is 7.61. The molecular weight excluding hydrogens is 418 g/mol. The highest BCUT2D eigenvalue weighted by Gasteiger charge is 2.28. The van der Waals surface area contributed by atoms with Crippen LogP contribution in [-0.4, -0.2) is 66.8 Å². The van der Waals surface area contributed by atoms with Crippen LogP contribution in [0.3, 0.4) is 0 Å². The van der Waals surface area contributed by atoms with Crippen molar-refractivity contribution >= 4 is 17.7 Å². The second kappa shape index (κ2) is 10.8. The molecule has 1 aliphatic heterocycles. The van der Waals surface area contributed by atoms with E-state index < -0.39 is 5.91 Å². The smallest absolute Gasteiger partial charge is 0.242 e. The van der Waals surface area contributed by atoms with Gasteiger partial charge in [0.1, 0.15) is 11.6 Å². The number of nitrogens with one attached hydrogen (secondary N) is 2. The molecular formula is C23H26F2N4O3. The number of rotatable bonds is 7. The summed E-state index contributed by atoms with van der Waals surface area (Å²) < 4.78 is 26.9. The Hall–Kier alpha value is -3.33. The third-order valence-corrected chi connectivity index (χ3v) is 5.34. The van der Waals surface area contributed by atoms with Crippen molar-refractivity contribution in [2.75, 3.05) is 39.3 Å². The minimum Gasteiger partial charge on any atom is -0.347 e. The van der Waals surface area contributed by atoms with Crippen LogP contribution in [0.25, 0.3) is 0 Å². The monoisotopic (exact) mass is 444 g/mol. The van der Waals surface area contributed by atoms with E-state index in [-0.39, 0.29) is 42.6 Å². The van der Waals surface area contributed by atoms with Gasteiger partial charge in [0.2, 0.25) is 17.7 Å². The maximum atomic E-state index is 13.4. The molecule has 0 saturated carbocycles. The van der Waals surface area contributed by atoms with Gasteiger partial charge in [-0.15, -0.1) is 0 Å². The van der Waals surface area contributed by atoms with E-state index in [1.165, 1.54) is 31.2 Å². The van der Waals surface area contributed by atoms with Gasteiger partial charge in [-0.05, 0) is 35.4 Å². The Bertz CT molecular complexity index is 897. The quantitative estimate of drug-likeness (QED) is 0.678. The van der Waals surface area contributed by atoms with Gasteiger partial charge in [0.25, 0.3) is 0 Å². The lowest BCUT2D eigenvalue weighted by molar-refractivity contribution is -0.134. The lowest BCUT2D eigenvalue weighted by Gasteiger charge is -2.39.